The highest BCUT2D eigenvalue weighted by Crippen LogP contribution is 2.17. The molecular weight excluding hydrogens is 224 g/mol. The van der Waals surface area contributed by atoms with Crippen LogP contribution in [0.4, 0.5) is 14.5 Å². The van der Waals surface area contributed by atoms with E-state index in [0.29, 0.717) is 5.69 Å². The number of nitrogens with two attached hydrogens (primary N) is 1. The second kappa shape index (κ2) is 5.42. The summed E-state index contributed by atoms with van der Waals surface area (Å²) in [5.74, 6) is 5.12. The molecule has 0 heterocycles. The third-order valence-corrected chi connectivity index (χ3v) is 1.69. The SMILES string of the molecule is NNC(=S)Nc1ccc(OC(F)F)cc1. The summed E-state index contributed by atoms with van der Waals surface area (Å²) in [7, 11) is 0. The summed E-state index contributed by atoms with van der Waals surface area (Å²) in [6.07, 6.45) is 0. The Morgan fingerprint density at radius 1 is 1.33 bits per heavy atom. The maximum atomic E-state index is 11.8. The molecule has 0 spiro atoms. The van der Waals surface area contributed by atoms with Crippen LogP contribution in [-0.4, -0.2) is 11.7 Å². The number of halogens is 2. The van der Waals surface area contributed by atoms with Crippen LogP contribution < -0.4 is 21.3 Å². The Bertz CT molecular complexity index is 331. The molecule has 7 heteroatoms. The van der Waals surface area contributed by atoms with Crippen molar-refractivity contribution in [3.05, 3.63) is 24.3 Å². The lowest BCUT2D eigenvalue weighted by atomic mass is 10.3. The van der Waals surface area contributed by atoms with E-state index in [-0.39, 0.29) is 10.9 Å². The lowest BCUT2D eigenvalue weighted by Gasteiger charge is -2.08. The third kappa shape index (κ3) is 4.05. The van der Waals surface area contributed by atoms with Crippen molar-refractivity contribution >= 4 is 23.0 Å². The molecule has 0 radical (unpaired) electrons. The first-order valence-corrected chi connectivity index (χ1v) is 4.35. The van der Waals surface area contributed by atoms with Crippen molar-refractivity contribution in [2.24, 2.45) is 5.84 Å². The van der Waals surface area contributed by atoms with Gasteiger partial charge in [-0.05, 0) is 36.5 Å². The van der Waals surface area contributed by atoms with Gasteiger partial charge in [-0.15, -0.1) is 0 Å². The number of nitrogens with one attached hydrogen (secondary N) is 2. The molecule has 1 aromatic rings. The molecule has 15 heavy (non-hydrogen) atoms. The molecule has 1 rings (SSSR count). The largest absolute Gasteiger partial charge is 0.435 e. The molecule has 0 amide bonds. The summed E-state index contributed by atoms with van der Waals surface area (Å²) in [5.41, 5.74) is 2.85. The molecule has 0 bridgehead atoms. The van der Waals surface area contributed by atoms with Crippen LogP contribution in [0.15, 0.2) is 24.3 Å². The van der Waals surface area contributed by atoms with E-state index >= 15 is 0 Å². The van der Waals surface area contributed by atoms with Gasteiger partial charge in [-0.1, -0.05) is 0 Å². The van der Waals surface area contributed by atoms with E-state index in [9.17, 15) is 8.78 Å². The third-order valence-electron chi connectivity index (χ3n) is 1.47. The van der Waals surface area contributed by atoms with Crippen LogP contribution in [0.25, 0.3) is 0 Å². The first-order chi connectivity index (χ1) is 7.11. The Kier molecular flexibility index (Phi) is 4.19. The molecule has 0 saturated carbocycles. The van der Waals surface area contributed by atoms with Gasteiger partial charge >= 0.3 is 6.61 Å². The predicted octanol–water partition coefficient (Wildman–Crippen LogP) is 1.45. The lowest BCUT2D eigenvalue weighted by Crippen LogP contribution is -2.34. The molecule has 0 aliphatic heterocycles. The topological polar surface area (TPSA) is 59.3 Å². The normalized spacial score (nSPS) is 9.87. The number of ether oxygens (including phenoxy) is 1. The number of benzene rings is 1. The summed E-state index contributed by atoms with van der Waals surface area (Å²) in [4.78, 5) is 0. The first-order valence-electron chi connectivity index (χ1n) is 3.94. The number of rotatable bonds is 3. The summed E-state index contributed by atoms with van der Waals surface area (Å²) >= 11 is 4.74. The van der Waals surface area contributed by atoms with Gasteiger partial charge in [0.15, 0.2) is 5.11 Å². The zero-order valence-corrected chi connectivity index (χ0v) is 8.35. The molecule has 4 nitrogen and oxygen atoms in total. The molecule has 0 unspecified atom stereocenters. The highest BCUT2D eigenvalue weighted by molar-refractivity contribution is 7.80. The van der Waals surface area contributed by atoms with E-state index < -0.39 is 6.61 Å². The Hall–Kier alpha value is -1.47. The van der Waals surface area contributed by atoms with Crippen LogP contribution in [0.3, 0.4) is 0 Å². The van der Waals surface area contributed by atoms with Gasteiger partial charge in [0, 0.05) is 5.69 Å². The highest BCUT2D eigenvalue weighted by atomic mass is 32.1. The average Bonchev–Trinajstić information content (AvgIpc) is 2.20. The molecule has 0 aromatic heterocycles. The smallest absolute Gasteiger partial charge is 0.387 e. The van der Waals surface area contributed by atoms with Gasteiger partial charge < -0.3 is 15.5 Å². The lowest BCUT2D eigenvalue weighted by molar-refractivity contribution is -0.0498. The molecule has 0 aliphatic carbocycles. The number of anilines is 1. The second-order valence-corrected chi connectivity index (χ2v) is 2.91. The average molecular weight is 233 g/mol. The van der Waals surface area contributed by atoms with E-state index in [2.05, 4.69) is 15.5 Å². The van der Waals surface area contributed by atoms with Gasteiger partial charge in [0.25, 0.3) is 0 Å². The van der Waals surface area contributed by atoms with Gasteiger partial charge in [-0.2, -0.15) is 8.78 Å². The quantitative estimate of drug-likeness (QED) is 0.419. The molecular formula is C8H9F2N3OS. The van der Waals surface area contributed by atoms with Crippen LogP contribution in [-0.2, 0) is 0 Å². The maximum absolute atomic E-state index is 11.8. The van der Waals surface area contributed by atoms with Gasteiger partial charge in [-0.3, -0.25) is 0 Å². The van der Waals surface area contributed by atoms with Crippen LogP contribution in [0.2, 0.25) is 0 Å². The molecule has 0 saturated heterocycles. The molecule has 82 valence electrons. The van der Waals surface area contributed by atoms with Gasteiger partial charge in [-0.25, -0.2) is 5.84 Å². The zero-order valence-electron chi connectivity index (χ0n) is 7.54. The second-order valence-electron chi connectivity index (χ2n) is 2.50. The summed E-state index contributed by atoms with van der Waals surface area (Å²) < 4.78 is 27.8. The van der Waals surface area contributed by atoms with E-state index in [0.717, 1.165) is 0 Å². The zero-order chi connectivity index (χ0) is 11.3. The number of hydrogen-bond acceptors (Lipinski definition) is 3. The molecule has 0 fully saturated rings. The van der Waals surface area contributed by atoms with E-state index in [4.69, 9.17) is 18.1 Å². The van der Waals surface area contributed by atoms with E-state index in [1.54, 1.807) is 12.1 Å². The van der Waals surface area contributed by atoms with E-state index in [1.807, 2.05) is 0 Å². The Labute approximate surface area is 90.4 Å². The highest BCUT2D eigenvalue weighted by Gasteiger charge is 2.03. The fraction of sp³-hybridized carbons (Fsp3) is 0.125. The monoisotopic (exact) mass is 233 g/mol. The van der Waals surface area contributed by atoms with Gasteiger partial charge in [0.05, 0.1) is 0 Å². The van der Waals surface area contributed by atoms with Crippen LogP contribution in [0, 0.1) is 0 Å². The number of thiocarbonyl (C=S) groups is 1. The minimum absolute atomic E-state index is 0.0853. The molecule has 0 aliphatic rings. The van der Waals surface area contributed by atoms with Crippen molar-refractivity contribution in [3.63, 3.8) is 0 Å². The Morgan fingerprint density at radius 3 is 2.40 bits per heavy atom. The van der Waals surface area contributed by atoms with Crippen molar-refractivity contribution in [2.45, 2.75) is 6.61 Å². The van der Waals surface area contributed by atoms with E-state index in [1.165, 1.54) is 12.1 Å². The summed E-state index contributed by atoms with van der Waals surface area (Å²) in [6, 6.07) is 5.88. The maximum Gasteiger partial charge on any atom is 0.387 e. The summed E-state index contributed by atoms with van der Waals surface area (Å²) in [5, 5.41) is 2.96. The minimum atomic E-state index is -2.82. The fourth-order valence-corrected chi connectivity index (χ4v) is 1.00. The van der Waals surface area contributed by atoms with Crippen LogP contribution >= 0.6 is 12.2 Å². The number of hydrazine groups is 1. The standard InChI is InChI=1S/C8H9F2N3OS/c9-7(10)14-6-3-1-5(2-4-6)12-8(15)13-11/h1-4,7H,11H2,(H2,12,13,15). The predicted molar refractivity (Wildman–Crippen MR) is 56.6 cm³/mol. The minimum Gasteiger partial charge on any atom is -0.435 e. The molecule has 1 aromatic carbocycles. The number of hydrogen-bond donors (Lipinski definition) is 3. The first kappa shape index (κ1) is 11.6. The van der Waals surface area contributed by atoms with Crippen molar-refractivity contribution in [3.8, 4) is 5.75 Å². The molecule has 0 atom stereocenters. The summed E-state index contributed by atoms with van der Waals surface area (Å²) in [6.45, 7) is -2.82. The molecule has 4 N–H and O–H groups in total. The fourth-order valence-electron chi connectivity index (χ4n) is 0.887. The van der Waals surface area contributed by atoms with Crippen molar-refractivity contribution in [1.29, 1.82) is 0 Å². The number of alkyl halides is 2. The van der Waals surface area contributed by atoms with Crippen molar-refractivity contribution < 1.29 is 13.5 Å². The Morgan fingerprint density at radius 2 is 1.93 bits per heavy atom. The van der Waals surface area contributed by atoms with Gasteiger partial charge in [0.2, 0.25) is 0 Å². The van der Waals surface area contributed by atoms with Crippen molar-refractivity contribution in [2.75, 3.05) is 5.32 Å². The Balaban J connectivity index is 2.60. The van der Waals surface area contributed by atoms with Crippen molar-refractivity contribution in [1.82, 2.24) is 5.43 Å². The van der Waals surface area contributed by atoms with Crippen LogP contribution in [0.5, 0.6) is 5.75 Å². The van der Waals surface area contributed by atoms with Crippen LogP contribution in [0.1, 0.15) is 0 Å². The van der Waals surface area contributed by atoms with Gasteiger partial charge in [0.1, 0.15) is 5.75 Å².